The van der Waals surface area contributed by atoms with Gasteiger partial charge < -0.3 is 10.1 Å². The fourth-order valence-electron chi connectivity index (χ4n) is 2.46. The lowest BCUT2D eigenvalue weighted by atomic mass is 10.2. The highest BCUT2D eigenvalue weighted by atomic mass is 32.2. The van der Waals surface area contributed by atoms with E-state index in [1.807, 2.05) is 6.07 Å². The molecule has 0 fully saturated rings. The van der Waals surface area contributed by atoms with Crippen LogP contribution in [0.3, 0.4) is 0 Å². The Morgan fingerprint density at radius 2 is 1.85 bits per heavy atom. The quantitative estimate of drug-likeness (QED) is 0.682. The molecule has 0 saturated heterocycles. The lowest BCUT2D eigenvalue weighted by Crippen LogP contribution is -2.19. The van der Waals surface area contributed by atoms with Gasteiger partial charge in [-0.2, -0.15) is 5.26 Å². The summed E-state index contributed by atoms with van der Waals surface area (Å²) in [6.07, 6.45) is 2.38. The van der Waals surface area contributed by atoms with Crippen molar-refractivity contribution in [2.24, 2.45) is 0 Å². The lowest BCUT2D eigenvalue weighted by molar-refractivity contribution is 0.474. The topological polar surface area (TPSA) is 137 Å². The molecule has 0 amide bonds. The van der Waals surface area contributed by atoms with Gasteiger partial charge in [0.2, 0.25) is 0 Å². The molecule has 2 N–H and O–H groups in total. The summed E-state index contributed by atoms with van der Waals surface area (Å²) < 4.78 is 24.7. The number of aromatic nitrogens is 3. The fourth-order valence-corrected chi connectivity index (χ4v) is 3.94. The van der Waals surface area contributed by atoms with Gasteiger partial charge in [-0.1, -0.05) is 30.3 Å². The second-order valence-electron chi connectivity index (χ2n) is 5.81. The molecule has 8 nitrogen and oxygen atoms in total. The molecule has 0 aliphatic heterocycles. The predicted octanol–water partition coefficient (Wildman–Crippen LogP) is 1.52. The van der Waals surface area contributed by atoms with Crippen molar-refractivity contribution in [1.82, 2.24) is 15.0 Å². The fraction of sp³-hybridized carbons (Fsp3) is 0.111. The Morgan fingerprint density at radius 1 is 1.11 bits per heavy atom. The van der Waals surface area contributed by atoms with E-state index in [1.165, 1.54) is 12.3 Å². The molecule has 0 unspecified atom stereocenters. The molecule has 0 spiro atoms. The van der Waals surface area contributed by atoms with Crippen LogP contribution in [-0.4, -0.2) is 28.5 Å². The number of aromatic amines is 1. The number of aromatic hydroxyl groups is 1. The first-order valence-corrected chi connectivity index (χ1v) is 9.62. The molecule has 2 heterocycles. The molecule has 0 aliphatic carbocycles. The van der Waals surface area contributed by atoms with Gasteiger partial charge in [-0.05, 0) is 5.56 Å². The van der Waals surface area contributed by atoms with Gasteiger partial charge in [-0.25, -0.2) is 18.4 Å². The zero-order chi connectivity index (χ0) is 19.4. The minimum atomic E-state index is -3.57. The van der Waals surface area contributed by atoms with Crippen molar-refractivity contribution in [3.63, 3.8) is 0 Å². The van der Waals surface area contributed by atoms with Crippen LogP contribution in [0.1, 0.15) is 16.7 Å². The van der Waals surface area contributed by atoms with Gasteiger partial charge in [0.1, 0.15) is 17.5 Å². The molecule has 0 bridgehead atoms. The van der Waals surface area contributed by atoms with Crippen LogP contribution < -0.4 is 5.56 Å². The normalized spacial score (nSPS) is 11.1. The van der Waals surface area contributed by atoms with Crippen molar-refractivity contribution >= 4 is 9.84 Å². The largest absolute Gasteiger partial charge is 0.505 e. The van der Waals surface area contributed by atoms with Crippen molar-refractivity contribution in [1.29, 1.82) is 5.26 Å². The smallest absolute Gasteiger partial charge is 0.255 e. The molecule has 0 radical (unpaired) electrons. The molecule has 2 aromatic heterocycles. The van der Waals surface area contributed by atoms with Crippen molar-refractivity contribution < 1.29 is 13.5 Å². The number of H-pyrrole nitrogens is 1. The van der Waals surface area contributed by atoms with E-state index in [1.54, 1.807) is 30.3 Å². The first-order valence-electron chi connectivity index (χ1n) is 7.80. The van der Waals surface area contributed by atoms with E-state index < -0.39 is 21.1 Å². The van der Waals surface area contributed by atoms with Crippen LogP contribution in [0.5, 0.6) is 5.75 Å². The van der Waals surface area contributed by atoms with E-state index in [0.29, 0.717) is 5.56 Å². The summed E-state index contributed by atoms with van der Waals surface area (Å²) in [5.41, 5.74) is 0.127. The van der Waals surface area contributed by atoms with E-state index in [4.69, 9.17) is 5.26 Å². The number of sulfone groups is 1. The van der Waals surface area contributed by atoms with Gasteiger partial charge in [-0.3, -0.25) is 4.79 Å². The van der Waals surface area contributed by atoms with Gasteiger partial charge in [0.15, 0.2) is 15.7 Å². The summed E-state index contributed by atoms with van der Waals surface area (Å²) >= 11 is 0. The average molecular weight is 382 g/mol. The third-order valence-corrected chi connectivity index (χ3v) is 5.22. The second-order valence-corrected chi connectivity index (χ2v) is 7.87. The maximum atomic E-state index is 12.3. The van der Waals surface area contributed by atoms with Crippen LogP contribution in [0.4, 0.5) is 0 Å². The molecule has 0 atom stereocenters. The maximum absolute atomic E-state index is 12.3. The summed E-state index contributed by atoms with van der Waals surface area (Å²) in [5.74, 6) is -0.988. The zero-order valence-corrected chi connectivity index (χ0v) is 14.8. The van der Waals surface area contributed by atoms with Gasteiger partial charge >= 0.3 is 0 Å². The van der Waals surface area contributed by atoms with Gasteiger partial charge in [0.25, 0.3) is 5.56 Å². The predicted molar refractivity (Wildman–Crippen MR) is 97.2 cm³/mol. The van der Waals surface area contributed by atoms with Crippen molar-refractivity contribution in [3.05, 3.63) is 75.8 Å². The van der Waals surface area contributed by atoms with Crippen molar-refractivity contribution in [3.8, 4) is 23.3 Å². The minimum absolute atomic E-state index is 0.00945. The van der Waals surface area contributed by atoms with E-state index in [9.17, 15) is 18.3 Å². The van der Waals surface area contributed by atoms with Crippen LogP contribution in [0.15, 0.2) is 53.6 Å². The molecule has 1 aromatic carbocycles. The molecular formula is C18H14N4O4S. The average Bonchev–Trinajstić information content (AvgIpc) is 2.63. The molecular weight excluding hydrogens is 368 g/mol. The number of nitrogens with zero attached hydrogens (tertiary/aromatic N) is 3. The van der Waals surface area contributed by atoms with Crippen LogP contribution in [0.2, 0.25) is 0 Å². The monoisotopic (exact) mass is 382 g/mol. The molecule has 3 rings (SSSR count). The molecule has 3 aromatic rings. The highest BCUT2D eigenvalue weighted by molar-refractivity contribution is 7.89. The first-order chi connectivity index (χ1) is 12.9. The Morgan fingerprint density at radius 3 is 2.48 bits per heavy atom. The third kappa shape index (κ3) is 4.37. The highest BCUT2D eigenvalue weighted by Crippen LogP contribution is 2.23. The number of hydrogen-bond acceptors (Lipinski definition) is 7. The minimum Gasteiger partial charge on any atom is -0.505 e. The summed E-state index contributed by atoms with van der Waals surface area (Å²) in [6.45, 7) is 0. The number of nitrogens with one attached hydrogen (secondary N) is 1. The Balaban J connectivity index is 1.85. The van der Waals surface area contributed by atoms with Crippen LogP contribution >= 0.6 is 0 Å². The Kier molecular flexibility index (Phi) is 5.00. The van der Waals surface area contributed by atoms with Crippen LogP contribution in [0.25, 0.3) is 11.5 Å². The van der Waals surface area contributed by atoms with E-state index >= 15 is 0 Å². The summed E-state index contributed by atoms with van der Waals surface area (Å²) in [6, 6.07) is 11.7. The molecule has 27 heavy (non-hydrogen) atoms. The zero-order valence-electron chi connectivity index (χ0n) is 14.0. The van der Waals surface area contributed by atoms with Crippen LogP contribution in [-0.2, 0) is 21.3 Å². The van der Waals surface area contributed by atoms with Gasteiger partial charge in [0, 0.05) is 18.5 Å². The SMILES string of the molecule is N#Cc1cnc(-c2ncc(CS(=O)(=O)Cc3ccccc3)c(=O)[nH]2)c(O)c1. The van der Waals surface area contributed by atoms with Gasteiger partial charge in [-0.15, -0.1) is 0 Å². The number of rotatable bonds is 5. The Hall–Kier alpha value is -3.51. The second kappa shape index (κ2) is 7.39. The number of hydrogen-bond donors (Lipinski definition) is 2. The Labute approximate surface area is 154 Å². The molecule has 136 valence electrons. The van der Waals surface area contributed by atoms with Gasteiger partial charge in [0.05, 0.1) is 22.6 Å². The third-order valence-electron chi connectivity index (χ3n) is 3.70. The number of pyridine rings is 1. The highest BCUT2D eigenvalue weighted by Gasteiger charge is 2.17. The molecule has 0 saturated carbocycles. The summed E-state index contributed by atoms with van der Waals surface area (Å²) in [7, 11) is -3.57. The van der Waals surface area contributed by atoms with E-state index in [0.717, 1.165) is 6.20 Å². The summed E-state index contributed by atoms with van der Waals surface area (Å²) in [4.78, 5) is 22.6. The molecule has 0 aliphatic rings. The number of benzene rings is 1. The number of nitriles is 1. The van der Waals surface area contributed by atoms with Crippen molar-refractivity contribution in [2.45, 2.75) is 11.5 Å². The van der Waals surface area contributed by atoms with E-state index in [-0.39, 0.29) is 34.1 Å². The molecule has 9 heteroatoms. The lowest BCUT2D eigenvalue weighted by Gasteiger charge is -2.06. The standard InChI is InChI=1S/C18H14N4O4S/c19-7-13-6-15(23)16(20-8-13)17-21-9-14(18(24)22-17)11-27(25,26)10-12-4-2-1-3-5-12/h1-6,8-9,23H,10-11H2,(H,21,22,24). The summed E-state index contributed by atoms with van der Waals surface area (Å²) in [5, 5.41) is 18.7. The van der Waals surface area contributed by atoms with Crippen LogP contribution in [0, 0.1) is 11.3 Å². The maximum Gasteiger partial charge on any atom is 0.255 e. The van der Waals surface area contributed by atoms with E-state index in [2.05, 4.69) is 15.0 Å². The first kappa shape index (κ1) is 18.3. The Bertz CT molecular complexity index is 1180. The van der Waals surface area contributed by atoms with Crippen molar-refractivity contribution in [2.75, 3.05) is 0 Å².